The van der Waals surface area contributed by atoms with Gasteiger partial charge in [-0.3, -0.25) is 4.79 Å². The first-order valence-corrected chi connectivity index (χ1v) is 5.21. The summed E-state index contributed by atoms with van der Waals surface area (Å²) in [5.74, 6) is 0.559. The van der Waals surface area contributed by atoms with Crippen LogP contribution in [0.25, 0.3) is 0 Å². The van der Waals surface area contributed by atoms with Crippen LogP contribution in [0, 0.1) is 0 Å². The number of carbonyl (C=O) groups excluding carboxylic acids is 1. The number of H-pyrrole nitrogens is 1. The van der Waals surface area contributed by atoms with Gasteiger partial charge in [-0.2, -0.15) is 0 Å². The van der Waals surface area contributed by atoms with Crippen LogP contribution >= 0.6 is 0 Å². The van der Waals surface area contributed by atoms with E-state index < -0.39 is 0 Å². The van der Waals surface area contributed by atoms with Crippen molar-refractivity contribution in [3.8, 4) is 0 Å². The van der Waals surface area contributed by atoms with Gasteiger partial charge < -0.3 is 14.5 Å². The normalized spacial score (nSPS) is 17.6. The first-order chi connectivity index (χ1) is 7.40. The minimum atomic E-state index is 0.326. The highest BCUT2D eigenvalue weighted by molar-refractivity contribution is 5.37. The van der Waals surface area contributed by atoms with Crippen molar-refractivity contribution < 1.29 is 14.3 Å². The van der Waals surface area contributed by atoms with Gasteiger partial charge >= 0.3 is 0 Å². The van der Waals surface area contributed by atoms with Crippen molar-refractivity contribution >= 4 is 6.47 Å². The maximum atomic E-state index is 10.0. The Kier molecular flexibility index (Phi) is 3.40. The number of carbonyl (C=O) groups is 1. The molecular formula is C11H15NO3. The van der Waals surface area contributed by atoms with E-state index in [0.29, 0.717) is 19.0 Å². The number of aromatic nitrogens is 1. The predicted octanol–water partition coefficient (Wildman–Crippen LogP) is 1.58. The zero-order valence-corrected chi connectivity index (χ0v) is 8.57. The van der Waals surface area contributed by atoms with Gasteiger partial charge in [-0.1, -0.05) is 0 Å². The smallest absolute Gasteiger partial charge is 0.293 e. The average Bonchev–Trinajstić information content (AvgIpc) is 2.76. The van der Waals surface area contributed by atoms with E-state index in [1.807, 2.05) is 6.07 Å². The molecule has 82 valence electrons. The quantitative estimate of drug-likeness (QED) is 0.766. The third kappa shape index (κ3) is 2.59. The van der Waals surface area contributed by atoms with Crippen LogP contribution in [0.2, 0.25) is 0 Å². The lowest BCUT2D eigenvalue weighted by atomic mass is 9.97. The van der Waals surface area contributed by atoms with Crippen molar-refractivity contribution in [2.75, 3.05) is 13.2 Å². The second kappa shape index (κ2) is 4.98. The summed E-state index contributed by atoms with van der Waals surface area (Å²) in [6, 6.07) is 4.04. The Morgan fingerprint density at radius 1 is 1.47 bits per heavy atom. The number of nitrogens with one attached hydrogen (secondary N) is 1. The number of hydrogen-bond donors (Lipinski definition) is 1. The van der Waals surface area contributed by atoms with E-state index in [2.05, 4.69) is 15.8 Å². The van der Waals surface area contributed by atoms with Gasteiger partial charge in [0.15, 0.2) is 0 Å². The van der Waals surface area contributed by atoms with Crippen LogP contribution in [0.3, 0.4) is 0 Å². The van der Waals surface area contributed by atoms with Crippen LogP contribution in [0.5, 0.6) is 0 Å². The van der Waals surface area contributed by atoms with Crippen LogP contribution in [0.15, 0.2) is 12.1 Å². The molecule has 0 aliphatic carbocycles. The van der Waals surface area contributed by atoms with Gasteiger partial charge in [0, 0.05) is 24.8 Å². The molecule has 1 N–H and O–H groups in total. The van der Waals surface area contributed by atoms with Gasteiger partial charge in [0.2, 0.25) is 0 Å². The van der Waals surface area contributed by atoms with Gasteiger partial charge in [0.1, 0.15) is 6.61 Å². The second-order valence-corrected chi connectivity index (χ2v) is 3.73. The van der Waals surface area contributed by atoms with Crippen molar-refractivity contribution in [1.29, 1.82) is 0 Å². The monoisotopic (exact) mass is 209 g/mol. The van der Waals surface area contributed by atoms with Crippen molar-refractivity contribution in [2.45, 2.75) is 25.4 Å². The van der Waals surface area contributed by atoms with Crippen molar-refractivity contribution in [3.05, 3.63) is 23.5 Å². The maximum Gasteiger partial charge on any atom is 0.293 e. The number of ether oxygens (including phenoxy) is 2. The number of aromatic amines is 1. The molecule has 15 heavy (non-hydrogen) atoms. The second-order valence-electron chi connectivity index (χ2n) is 3.73. The largest absolute Gasteiger partial charge is 0.461 e. The average molecular weight is 209 g/mol. The third-order valence-corrected chi connectivity index (χ3v) is 2.74. The third-order valence-electron chi connectivity index (χ3n) is 2.74. The molecule has 0 amide bonds. The summed E-state index contributed by atoms with van der Waals surface area (Å²) in [4.78, 5) is 13.3. The fourth-order valence-corrected chi connectivity index (χ4v) is 1.91. The Labute approximate surface area is 88.6 Å². The van der Waals surface area contributed by atoms with Crippen LogP contribution in [0.4, 0.5) is 0 Å². The van der Waals surface area contributed by atoms with E-state index in [1.54, 1.807) is 0 Å². The highest BCUT2D eigenvalue weighted by atomic mass is 16.5. The van der Waals surface area contributed by atoms with Gasteiger partial charge in [0.25, 0.3) is 6.47 Å². The van der Waals surface area contributed by atoms with Crippen LogP contribution in [0.1, 0.15) is 30.1 Å². The van der Waals surface area contributed by atoms with E-state index in [-0.39, 0.29) is 0 Å². The Bertz CT molecular complexity index is 315. The molecule has 0 radical (unpaired) electrons. The summed E-state index contributed by atoms with van der Waals surface area (Å²) in [7, 11) is 0. The molecule has 1 aromatic rings. The topological polar surface area (TPSA) is 51.3 Å². The van der Waals surface area contributed by atoms with Crippen LogP contribution in [-0.2, 0) is 20.9 Å². The summed E-state index contributed by atoms with van der Waals surface area (Å²) in [6.07, 6.45) is 2.13. The van der Waals surface area contributed by atoms with E-state index in [1.165, 1.54) is 5.69 Å². The molecule has 2 heterocycles. The predicted molar refractivity (Wildman–Crippen MR) is 54.4 cm³/mol. The molecule has 0 bridgehead atoms. The Morgan fingerprint density at radius 2 is 2.27 bits per heavy atom. The lowest BCUT2D eigenvalue weighted by Crippen LogP contribution is -2.14. The molecule has 0 aromatic carbocycles. The SMILES string of the molecule is O=COCc1ccc(C2CCOCC2)[nH]1. The molecule has 1 aromatic heterocycles. The van der Waals surface area contributed by atoms with Gasteiger partial charge in [-0.25, -0.2) is 0 Å². The summed E-state index contributed by atoms with van der Waals surface area (Å²) in [5.41, 5.74) is 2.17. The number of hydrogen-bond acceptors (Lipinski definition) is 3. The fourth-order valence-electron chi connectivity index (χ4n) is 1.91. The van der Waals surface area contributed by atoms with E-state index in [4.69, 9.17) is 4.74 Å². The van der Waals surface area contributed by atoms with Gasteiger partial charge in [0.05, 0.1) is 5.69 Å². The molecule has 4 heteroatoms. The van der Waals surface area contributed by atoms with Gasteiger partial charge in [-0.15, -0.1) is 0 Å². The molecular weight excluding hydrogens is 194 g/mol. The molecule has 0 atom stereocenters. The molecule has 4 nitrogen and oxygen atoms in total. The van der Waals surface area contributed by atoms with Crippen molar-refractivity contribution in [3.63, 3.8) is 0 Å². The minimum Gasteiger partial charge on any atom is -0.461 e. The zero-order valence-electron chi connectivity index (χ0n) is 8.57. The molecule has 1 aliphatic rings. The Hall–Kier alpha value is -1.29. The molecule has 1 aliphatic heterocycles. The van der Waals surface area contributed by atoms with E-state index in [0.717, 1.165) is 31.7 Å². The van der Waals surface area contributed by atoms with E-state index >= 15 is 0 Å². The Morgan fingerprint density at radius 3 is 3.00 bits per heavy atom. The van der Waals surface area contributed by atoms with Crippen molar-refractivity contribution in [2.24, 2.45) is 0 Å². The fraction of sp³-hybridized carbons (Fsp3) is 0.545. The summed E-state index contributed by atoms with van der Waals surface area (Å²) in [6.45, 7) is 2.47. The summed E-state index contributed by atoms with van der Waals surface area (Å²) < 4.78 is 9.99. The Balaban J connectivity index is 1.95. The standard InChI is InChI=1S/C11H15NO3/c13-8-15-7-10-1-2-11(12-10)9-3-5-14-6-4-9/h1-2,8-9,12H,3-7H2. The van der Waals surface area contributed by atoms with Crippen LogP contribution < -0.4 is 0 Å². The summed E-state index contributed by atoms with van der Waals surface area (Å²) in [5, 5.41) is 0. The first-order valence-electron chi connectivity index (χ1n) is 5.21. The lowest BCUT2D eigenvalue weighted by Gasteiger charge is -2.20. The summed E-state index contributed by atoms with van der Waals surface area (Å²) >= 11 is 0. The highest BCUT2D eigenvalue weighted by Gasteiger charge is 2.17. The van der Waals surface area contributed by atoms with E-state index in [9.17, 15) is 4.79 Å². The molecule has 2 rings (SSSR count). The van der Waals surface area contributed by atoms with Crippen molar-refractivity contribution in [1.82, 2.24) is 4.98 Å². The highest BCUT2D eigenvalue weighted by Crippen LogP contribution is 2.26. The first kappa shape index (κ1) is 10.2. The minimum absolute atomic E-state index is 0.326. The molecule has 0 saturated carbocycles. The molecule has 0 unspecified atom stereocenters. The zero-order chi connectivity index (χ0) is 10.5. The van der Waals surface area contributed by atoms with Gasteiger partial charge in [-0.05, 0) is 25.0 Å². The van der Waals surface area contributed by atoms with Crippen LogP contribution in [-0.4, -0.2) is 24.7 Å². The maximum absolute atomic E-state index is 10.0. The molecule has 1 fully saturated rings. The number of rotatable bonds is 4. The molecule has 1 saturated heterocycles. The molecule has 0 spiro atoms. The lowest BCUT2D eigenvalue weighted by molar-refractivity contribution is -0.129.